The third-order valence-corrected chi connectivity index (χ3v) is 8.84. The number of ether oxygens (including phenoxy) is 1. The predicted octanol–water partition coefficient (Wildman–Crippen LogP) is 4.04. The fourth-order valence-corrected chi connectivity index (χ4v) is 6.14. The minimum atomic E-state index is -3.58. The standard InChI is InChI=1S/C27H34N6O3S/c1-21-6-8-22(9-7-21)28-25-20-26(31-14-4-3-5-15-31)30-27(29-25)32-16-18-33(19-17-32)37(34,35)24-12-10-23(36-2)11-13-24/h6-13,20H,3-5,14-19H2,1-2H3,(H,28,29,30). The molecule has 3 aromatic rings. The first-order valence-corrected chi connectivity index (χ1v) is 14.2. The molecule has 1 aromatic heterocycles. The van der Waals surface area contributed by atoms with Crippen LogP contribution < -0.4 is 19.9 Å². The number of aromatic nitrogens is 2. The molecule has 0 amide bonds. The molecule has 3 heterocycles. The summed E-state index contributed by atoms with van der Waals surface area (Å²) in [5.41, 5.74) is 2.17. The number of methoxy groups -OCH3 is 1. The Bertz CT molecular complexity index is 1300. The van der Waals surface area contributed by atoms with Crippen molar-refractivity contribution in [3.8, 4) is 5.75 Å². The molecule has 1 N–H and O–H groups in total. The van der Waals surface area contributed by atoms with Gasteiger partial charge in [-0.15, -0.1) is 0 Å². The molecular formula is C27H34N6O3S. The van der Waals surface area contributed by atoms with Crippen molar-refractivity contribution in [1.29, 1.82) is 0 Å². The average molecular weight is 523 g/mol. The van der Waals surface area contributed by atoms with Crippen LogP contribution in [0.1, 0.15) is 24.8 Å². The number of piperidine rings is 1. The van der Waals surface area contributed by atoms with E-state index < -0.39 is 10.0 Å². The highest BCUT2D eigenvalue weighted by Crippen LogP contribution is 2.27. The van der Waals surface area contributed by atoms with Crippen LogP contribution in [-0.4, -0.2) is 69.1 Å². The number of rotatable bonds is 7. The van der Waals surface area contributed by atoms with E-state index in [0.29, 0.717) is 37.9 Å². The molecule has 0 unspecified atom stereocenters. The van der Waals surface area contributed by atoms with E-state index >= 15 is 0 Å². The number of piperazine rings is 1. The first kappa shape index (κ1) is 25.3. The Hall–Kier alpha value is -3.37. The monoisotopic (exact) mass is 522 g/mol. The van der Waals surface area contributed by atoms with Crippen LogP contribution in [0, 0.1) is 6.92 Å². The van der Waals surface area contributed by atoms with Crippen LogP contribution in [0.3, 0.4) is 0 Å². The molecule has 5 rings (SSSR count). The van der Waals surface area contributed by atoms with Gasteiger partial charge in [-0.3, -0.25) is 0 Å². The lowest BCUT2D eigenvalue weighted by molar-refractivity contribution is 0.382. The molecular weight excluding hydrogens is 488 g/mol. The Kier molecular flexibility index (Phi) is 7.48. The Labute approximate surface area is 219 Å². The highest BCUT2D eigenvalue weighted by atomic mass is 32.2. The van der Waals surface area contributed by atoms with Crippen LogP contribution in [0.15, 0.2) is 59.5 Å². The molecule has 196 valence electrons. The van der Waals surface area contributed by atoms with Gasteiger partial charge in [-0.25, -0.2) is 8.42 Å². The van der Waals surface area contributed by atoms with Gasteiger partial charge in [0.2, 0.25) is 16.0 Å². The fraction of sp³-hybridized carbons (Fsp3) is 0.407. The molecule has 0 saturated carbocycles. The molecule has 37 heavy (non-hydrogen) atoms. The summed E-state index contributed by atoms with van der Waals surface area (Å²) in [6.45, 7) is 5.79. The third kappa shape index (κ3) is 5.80. The first-order valence-electron chi connectivity index (χ1n) is 12.8. The van der Waals surface area contributed by atoms with Gasteiger partial charge in [-0.2, -0.15) is 14.3 Å². The predicted molar refractivity (Wildman–Crippen MR) is 147 cm³/mol. The minimum absolute atomic E-state index is 0.273. The maximum Gasteiger partial charge on any atom is 0.243 e. The number of hydrogen-bond donors (Lipinski definition) is 1. The number of sulfonamides is 1. The van der Waals surface area contributed by atoms with Crippen molar-refractivity contribution >= 4 is 33.3 Å². The van der Waals surface area contributed by atoms with Gasteiger partial charge >= 0.3 is 0 Å². The Morgan fingerprint density at radius 3 is 2.14 bits per heavy atom. The molecule has 0 atom stereocenters. The van der Waals surface area contributed by atoms with E-state index in [1.807, 2.05) is 18.2 Å². The van der Waals surface area contributed by atoms with Crippen LogP contribution in [0.2, 0.25) is 0 Å². The fourth-order valence-electron chi connectivity index (χ4n) is 4.72. The summed E-state index contributed by atoms with van der Waals surface area (Å²) in [5, 5.41) is 3.43. The molecule has 2 fully saturated rings. The topological polar surface area (TPSA) is 90.9 Å². The van der Waals surface area contributed by atoms with Gasteiger partial charge < -0.3 is 19.9 Å². The highest BCUT2D eigenvalue weighted by molar-refractivity contribution is 7.89. The molecule has 0 aliphatic carbocycles. The zero-order valence-electron chi connectivity index (χ0n) is 21.4. The average Bonchev–Trinajstić information content (AvgIpc) is 2.95. The maximum atomic E-state index is 13.2. The largest absolute Gasteiger partial charge is 0.497 e. The maximum absolute atomic E-state index is 13.2. The molecule has 2 saturated heterocycles. The van der Waals surface area contributed by atoms with Gasteiger partial charge in [0.15, 0.2) is 0 Å². The van der Waals surface area contributed by atoms with Gasteiger partial charge in [0.1, 0.15) is 17.4 Å². The van der Waals surface area contributed by atoms with Gasteiger partial charge in [-0.1, -0.05) is 17.7 Å². The molecule has 2 aliphatic rings. The van der Waals surface area contributed by atoms with Crippen LogP contribution in [0.5, 0.6) is 5.75 Å². The van der Waals surface area contributed by atoms with E-state index in [0.717, 1.165) is 43.3 Å². The van der Waals surface area contributed by atoms with Crippen LogP contribution in [0.4, 0.5) is 23.3 Å². The highest BCUT2D eigenvalue weighted by Gasteiger charge is 2.30. The van der Waals surface area contributed by atoms with Gasteiger partial charge in [0.05, 0.1) is 12.0 Å². The second-order valence-electron chi connectivity index (χ2n) is 9.52. The summed E-state index contributed by atoms with van der Waals surface area (Å²) in [5.74, 6) is 2.90. The molecule has 2 aromatic carbocycles. The minimum Gasteiger partial charge on any atom is -0.497 e. The first-order chi connectivity index (χ1) is 17.9. The van der Waals surface area contributed by atoms with Gasteiger partial charge in [0, 0.05) is 51.0 Å². The van der Waals surface area contributed by atoms with Crippen molar-refractivity contribution in [1.82, 2.24) is 14.3 Å². The Balaban J connectivity index is 1.35. The molecule has 2 aliphatic heterocycles. The van der Waals surface area contributed by atoms with Crippen molar-refractivity contribution in [3.05, 3.63) is 60.2 Å². The lowest BCUT2D eigenvalue weighted by Gasteiger charge is -2.35. The van der Waals surface area contributed by atoms with E-state index in [-0.39, 0.29) is 4.90 Å². The molecule has 10 heteroatoms. The summed E-state index contributed by atoms with van der Waals surface area (Å²) < 4.78 is 33.1. The van der Waals surface area contributed by atoms with E-state index in [1.165, 1.54) is 16.3 Å². The summed E-state index contributed by atoms with van der Waals surface area (Å²) >= 11 is 0. The zero-order chi connectivity index (χ0) is 25.8. The van der Waals surface area contributed by atoms with Crippen LogP contribution in [-0.2, 0) is 10.0 Å². The summed E-state index contributed by atoms with van der Waals surface area (Å²) in [6, 6.07) is 16.8. The number of anilines is 4. The second-order valence-corrected chi connectivity index (χ2v) is 11.5. The lowest BCUT2D eigenvalue weighted by Crippen LogP contribution is -2.49. The van der Waals surface area contributed by atoms with Crippen LogP contribution >= 0.6 is 0 Å². The number of nitrogens with zero attached hydrogens (tertiary/aromatic N) is 5. The van der Waals surface area contributed by atoms with E-state index in [2.05, 4.69) is 34.2 Å². The van der Waals surface area contributed by atoms with Crippen LogP contribution in [0.25, 0.3) is 0 Å². The van der Waals surface area contributed by atoms with Crippen molar-refractivity contribution in [3.63, 3.8) is 0 Å². The number of benzene rings is 2. The zero-order valence-corrected chi connectivity index (χ0v) is 22.2. The van der Waals surface area contributed by atoms with E-state index in [9.17, 15) is 8.42 Å². The van der Waals surface area contributed by atoms with Crippen molar-refractivity contribution in [2.45, 2.75) is 31.1 Å². The molecule has 0 bridgehead atoms. The SMILES string of the molecule is COc1ccc(S(=O)(=O)N2CCN(c3nc(Nc4ccc(C)cc4)cc(N4CCCCC4)n3)CC2)cc1. The Morgan fingerprint density at radius 1 is 0.811 bits per heavy atom. The summed E-state index contributed by atoms with van der Waals surface area (Å²) in [7, 11) is -2.02. The third-order valence-electron chi connectivity index (χ3n) is 6.92. The number of aryl methyl sites for hydroxylation is 1. The molecule has 9 nitrogen and oxygen atoms in total. The number of hydrogen-bond acceptors (Lipinski definition) is 8. The summed E-state index contributed by atoms with van der Waals surface area (Å²) in [6.07, 6.45) is 3.55. The van der Waals surface area contributed by atoms with Gasteiger partial charge in [-0.05, 0) is 62.6 Å². The van der Waals surface area contributed by atoms with Crippen molar-refractivity contribution in [2.75, 3.05) is 61.5 Å². The van der Waals surface area contributed by atoms with Crippen molar-refractivity contribution < 1.29 is 13.2 Å². The van der Waals surface area contributed by atoms with E-state index in [1.54, 1.807) is 31.4 Å². The molecule has 0 radical (unpaired) electrons. The summed E-state index contributed by atoms with van der Waals surface area (Å²) in [4.78, 5) is 14.4. The van der Waals surface area contributed by atoms with Crippen molar-refractivity contribution in [2.24, 2.45) is 0 Å². The lowest BCUT2D eigenvalue weighted by atomic mass is 10.1. The Morgan fingerprint density at radius 2 is 1.49 bits per heavy atom. The van der Waals surface area contributed by atoms with E-state index in [4.69, 9.17) is 14.7 Å². The second kappa shape index (κ2) is 10.9. The quantitative estimate of drug-likeness (QED) is 0.497. The number of nitrogens with one attached hydrogen (secondary N) is 1. The van der Waals surface area contributed by atoms with Gasteiger partial charge in [0.25, 0.3) is 0 Å². The smallest absolute Gasteiger partial charge is 0.243 e. The molecule has 0 spiro atoms. The normalized spacial score (nSPS) is 17.0.